The smallest absolute Gasteiger partial charge is 0.251 e. The molecule has 0 saturated heterocycles. The average Bonchev–Trinajstić information content (AvgIpc) is 2.46. The Labute approximate surface area is 126 Å². The first-order chi connectivity index (χ1) is 9.97. The number of carbonyl (C=O) groups excluding carboxylic acids is 2. The van der Waals surface area contributed by atoms with Gasteiger partial charge in [-0.15, -0.1) is 0 Å². The summed E-state index contributed by atoms with van der Waals surface area (Å²) in [6, 6.07) is 7.27. The molecule has 0 unspecified atom stereocenters. The van der Waals surface area contributed by atoms with Crippen LogP contribution in [0.15, 0.2) is 24.3 Å². The van der Waals surface area contributed by atoms with E-state index in [0.717, 1.165) is 5.69 Å². The highest BCUT2D eigenvalue weighted by molar-refractivity contribution is 5.95. The molecule has 0 fully saturated rings. The van der Waals surface area contributed by atoms with Crippen molar-refractivity contribution in [3.63, 3.8) is 0 Å². The number of carbonyl (C=O) groups is 2. The van der Waals surface area contributed by atoms with E-state index in [0.29, 0.717) is 18.7 Å². The molecule has 0 radical (unpaired) electrons. The maximum atomic E-state index is 11.9. The van der Waals surface area contributed by atoms with Crippen LogP contribution in [0, 0.1) is 0 Å². The van der Waals surface area contributed by atoms with Gasteiger partial charge in [0.15, 0.2) is 0 Å². The van der Waals surface area contributed by atoms with E-state index >= 15 is 0 Å². The van der Waals surface area contributed by atoms with Crippen molar-refractivity contribution in [2.45, 2.75) is 33.7 Å². The molecule has 5 heteroatoms. The summed E-state index contributed by atoms with van der Waals surface area (Å²) in [7, 11) is 0. The molecule has 0 saturated carbocycles. The summed E-state index contributed by atoms with van der Waals surface area (Å²) in [5.74, 6) is -0.0549. The first-order valence-electron chi connectivity index (χ1n) is 7.40. The zero-order valence-corrected chi connectivity index (χ0v) is 13.3. The van der Waals surface area contributed by atoms with Gasteiger partial charge in [-0.2, -0.15) is 0 Å². The number of anilines is 1. The van der Waals surface area contributed by atoms with Gasteiger partial charge in [0.05, 0.1) is 6.54 Å². The van der Waals surface area contributed by atoms with E-state index in [-0.39, 0.29) is 24.4 Å². The van der Waals surface area contributed by atoms with E-state index in [9.17, 15) is 9.59 Å². The van der Waals surface area contributed by atoms with Gasteiger partial charge in [-0.3, -0.25) is 9.59 Å². The molecule has 21 heavy (non-hydrogen) atoms. The molecular weight excluding hydrogens is 266 g/mol. The van der Waals surface area contributed by atoms with E-state index in [2.05, 4.69) is 10.6 Å². The van der Waals surface area contributed by atoms with Gasteiger partial charge < -0.3 is 15.5 Å². The second kappa shape index (κ2) is 8.29. The molecule has 1 aromatic carbocycles. The van der Waals surface area contributed by atoms with Crippen LogP contribution in [-0.2, 0) is 4.79 Å². The Morgan fingerprint density at radius 2 is 1.86 bits per heavy atom. The summed E-state index contributed by atoms with van der Waals surface area (Å²) < 4.78 is 0. The van der Waals surface area contributed by atoms with Crippen molar-refractivity contribution >= 4 is 17.5 Å². The van der Waals surface area contributed by atoms with Crippen molar-refractivity contribution in [3.05, 3.63) is 29.8 Å². The summed E-state index contributed by atoms with van der Waals surface area (Å²) >= 11 is 0. The quantitative estimate of drug-likeness (QED) is 0.809. The largest absolute Gasteiger partial charge is 0.376 e. The van der Waals surface area contributed by atoms with Crippen LogP contribution in [0.5, 0.6) is 0 Å². The fourth-order valence-corrected chi connectivity index (χ4v) is 1.98. The summed E-state index contributed by atoms with van der Waals surface area (Å²) in [4.78, 5) is 25.6. The zero-order valence-electron chi connectivity index (χ0n) is 13.3. The molecule has 116 valence electrons. The third kappa shape index (κ3) is 5.45. The normalized spacial score (nSPS) is 10.3. The molecule has 1 rings (SSSR count). The Kier molecular flexibility index (Phi) is 6.72. The van der Waals surface area contributed by atoms with Gasteiger partial charge in [-0.05, 0) is 45.9 Å². The van der Waals surface area contributed by atoms with Crippen LogP contribution in [-0.4, -0.2) is 42.4 Å². The van der Waals surface area contributed by atoms with Crippen LogP contribution < -0.4 is 10.6 Å². The monoisotopic (exact) mass is 291 g/mol. The topological polar surface area (TPSA) is 61.4 Å². The first kappa shape index (κ1) is 17.0. The second-order valence-electron chi connectivity index (χ2n) is 5.13. The van der Waals surface area contributed by atoms with Gasteiger partial charge in [0.1, 0.15) is 0 Å². The second-order valence-corrected chi connectivity index (χ2v) is 5.13. The van der Waals surface area contributed by atoms with Crippen LogP contribution in [0.25, 0.3) is 0 Å². The lowest BCUT2D eigenvalue weighted by Gasteiger charge is -2.19. The molecule has 5 nitrogen and oxygen atoms in total. The Hall–Kier alpha value is -2.04. The highest BCUT2D eigenvalue weighted by atomic mass is 16.2. The van der Waals surface area contributed by atoms with E-state index < -0.39 is 0 Å². The highest BCUT2D eigenvalue weighted by Crippen LogP contribution is 2.10. The SMILES string of the molecule is CCN(CC)C(=O)CNc1cccc(C(=O)NC(C)C)c1. The predicted molar refractivity (Wildman–Crippen MR) is 85.5 cm³/mol. The van der Waals surface area contributed by atoms with Crippen molar-refractivity contribution in [1.82, 2.24) is 10.2 Å². The van der Waals surface area contributed by atoms with Crippen molar-refractivity contribution < 1.29 is 9.59 Å². The van der Waals surface area contributed by atoms with Gasteiger partial charge >= 0.3 is 0 Å². The molecule has 0 aliphatic carbocycles. The number of nitrogens with zero attached hydrogens (tertiary/aromatic N) is 1. The van der Waals surface area contributed by atoms with Gasteiger partial charge in [-0.1, -0.05) is 6.07 Å². The van der Waals surface area contributed by atoms with Crippen molar-refractivity contribution in [2.75, 3.05) is 25.0 Å². The summed E-state index contributed by atoms with van der Waals surface area (Å²) in [6.07, 6.45) is 0. The molecule has 1 aromatic rings. The van der Waals surface area contributed by atoms with Crippen LogP contribution in [0.4, 0.5) is 5.69 Å². The van der Waals surface area contributed by atoms with Crippen molar-refractivity contribution in [2.24, 2.45) is 0 Å². The number of nitrogens with one attached hydrogen (secondary N) is 2. The van der Waals surface area contributed by atoms with Gasteiger partial charge in [0.25, 0.3) is 5.91 Å². The van der Waals surface area contributed by atoms with Gasteiger partial charge in [-0.25, -0.2) is 0 Å². The lowest BCUT2D eigenvalue weighted by atomic mass is 10.1. The summed E-state index contributed by atoms with van der Waals surface area (Å²) in [5.41, 5.74) is 1.36. The van der Waals surface area contributed by atoms with Crippen LogP contribution in [0.1, 0.15) is 38.1 Å². The molecular formula is C16H25N3O2. The van der Waals surface area contributed by atoms with E-state index in [4.69, 9.17) is 0 Å². The number of amides is 2. The number of benzene rings is 1. The minimum absolute atomic E-state index is 0.0528. The van der Waals surface area contributed by atoms with Crippen molar-refractivity contribution in [3.8, 4) is 0 Å². The van der Waals surface area contributed by atoms with Gasteiger partial charge in [0.2, 0.25) is 5.91 Å². The van der Waals surface area contributed by atoms with E-state index in [1.54, 1.807) is 23.1 Å². The Bertz CT molecular complexity index is 482. The lowest BCUT2D eigenvalue weighted by Crippen LogP contribution is -2.35. The van der Waals surface area contributed by atoms with Gasteiger partial charge in [0, 0.05) is 30.4 Å². The van der Waals surface area contributed by atoms with Crippen LogP contribution in [0.3, 0.4) is 0 Å². The Morgan fingerprint density at radius 1 is 1.19 bits per heavy atom. The number of likely N-dealkylation sites (N-methyl/N-ethyl adjacent to an activating group) is 1. The number of rotatable bonds is 7. The molecule has 0 aromatic heterocycles. The molecule has 0 aliphatic heterocycles. The first-order valence-corrected chi connectivity index (χ1v) is 7.40. The maximum Gasteiger partial charge on any atom is 0.251 e. The maximum absolute atomic E-state index is 11.9. The van der Waals surface area contributed by atoms with Crippen LogP contribution >= 0.6 is 0 Å². The zero-order chi connectivity index (χ0) is 15.8. The fraction of sp³-hybridized carbons (Fsp3) is 0.500. The summed E-state index contributed by atoms with van der Waals surface area (Å²) in [5, 5.41) is 5.92. The third-order valence-corrected chi connectivity index (χ3v) is 3.10. The molecule has 0 heterocycles. The lowest BCUT2D eigenvalue weighted by molar-refractivity contribution is -0.128. The number of hydrogen-bond acceptors (Lipinski definition) is 3. The van der Waals surface area contributed by atoms with Crippen molar-refractivity contribution in [1.29, 1.82) is 0 Å². The molecule has 0 spiro atoms. The predicted octanol–water partition coefficient (Wildman–Crippen LogP) is 2.11. The molecule has 2 amide bonds. The van der Waals surface area contributed by atoms with E-state index in [1.807, 2.05) is 33.8 Å². The molecule has 2 N–H and O–H groups in total. The number of hydrogen-bond donors (Lipinski definition) is 2. The third-order valence-electron chi connectivity index (χ3n) is 3.10. The highest BCUT2D eigenvalue weighted by Gasteiger charge is 2.10. The van der Waals surface area contributed by atoms with E-state index in [1.165, 1.54) is 0 Å². The minimum atomic E-state index is -0.108. The molecule has 0 atom stereocenters. The van der Waals surface area contributed by atoms with Crippen LogP contribution in [0.2, 0.25) is 0 Å². The Morgan fingerprint density at radius 3 is 2.43 bits per heavy atom. The average molecular weight is 291 g/mol. The Balaban J connectivity index is 2.65. The standard InChI is InChI=1S/C16H25N3O2/c1-5-19(6-2)15(20)11-17-14-9-7-8-13(10-14)16(21)18-12(3)4/h7-10,12,17H,5-6,11H2,1-4H3,(H,18,21). The minimum Gasteiger partial charge on any atom is -0.376 e. The summed E-state index contributed by atoms with van der Waals surface area (Å²) in [6.45, 7) is 9.39. The molecule has 0 bridgehead atoms. The molecule has 0 aliphatic rings. The fourth-order valence-electron chi connectivity index (χ4n) is 1.98.